The van der Waals surface area contributed by atoms with E-state index in [1.165, 1.54) is 36.7 Å². The van der Waals surface area contributed by atoms with Crippen LogP contribution in [0.25, 0.3) is 0 Å². The minimum atomic E-state index is -3.59. The molecule has 0 spiro atoms. The number of aromatic nitrogens is 1. The summed E-state index contributed by atoms with van der Waals surface area (Å²) in [4.78, 5) is 6.36. The van der Waals surface area contributed by atoms with Crippen LogP contribution in [0.3, 0.4) is 0 Å². The first-order chi connectivity index (χ1) is 12.0. The van der Waals surface area contributed by atoms with E-state index in [1.807, 2.05) is 18.2 Å². The van der Waals surface area contributed by atoms with Crippen LogP contribution in [0.4, 0.5) is 0 Å². The highest BCUT2D eigenvalue weighted by atomic mass is 35.5. The monoisotopic (exact) mass is 379 g/mol. The topological polar surface area (TPSA) is 62.3 Å². The molecular weight excluding hydrogens is 358 g/mol. The number of hydrogen-bond donors (Lipinski definition) is 1. The van der Waals surface area contributed by atoms with Crippen LogP contribution in [0, 0.1) is 0 Å². The Kier molecular flexibility index (Phi) is 6.06. The Morgan fingerprint density at radius 3 is 2.48 bits per heavy atom. The first kappa shape index (κ1) is 18.3. The number of pyridine rings is 1. The predicted octanol–water partition coefficient (Wildman–Crippen LogP) is 2.72. The van der Waals surface area contributed by atoms with Gasteiger partial charge < -0.3 is 0 Å². The Bertz CT molecular complexity index is 776. The van der Waals surface area contributed by atoms with E-state index < -0.39 is 10.0 Å². The van der Waals surface area contributed by atoms with E-state index >= 15 is 0 Å². The van der Waals surface area contributed by atoms with Crippen molar-refractivity contribution in [2.45, 2.75) is 30.2 Å². The molecule has 1 saturated heterocycles. The number of rotatable bonds is 7. The van der Waals surface area contributed by atoms with E-state index in [2.05, 4.69) is 26.7 Å². The van der Waals surface area contributed by atoms with E-state index in [1.54, 1.807) is 0 Å². The van der Waals surface area contributed by atoms with Crippen molar-refractivity contribution < 1.29 is 8.42 Å². The molecule has 1 atom stereocenters. The molecule has 1 aliphatic heterocycles. The zero-order valence-electron chi connectivity index (χ0n) is 13.9. The summed E-state index contributed by atoms with van der Waals surface area (Å²) >= 11 is 5.73. The second-order valence-corrected chi connectivity index (χ2v) is 8.41. The van der Waals surface area contributed by atoms with Gasteiger partial charge in [0, 0.05) is 18.8 Å². The van der Waals surface area contributed by atoms with Crippen LogP contribution in [0.2, 0.25) is 5.15 Å². The maximum atomic E-state index is 12.5. The minimum Gasteiger partial charge on any atom is -0.299 e. The zero-order chi connectivity index (χ0) is 17.7. The Labute approximate surface area is 154 Å². The van der Waals surface area contributed by atoms with Gasteiger partial charge >= 0.3 is 0 Å². The maximum absolute atomic E-state index is 12.5. The van der Waals surface area contributed by atoms with Crippen molar-refractivity contribution in [1.82, 2.24) is 14.6 Å². The molecule has 1 aromatic carbocycles. The van der Waals surface area contributed by atoms with Crippen molar-refractivity contribution in [2.24, 2.45) is 0 Å². The average molecular weight is 380 g/mol. The second-order valence-electron chi connectivity index (χ2n) is 6.26. The highest BCUT2D eigenvalue weighted by molar-refractivity contribution is 7.89. The highest BCUT2D eigenvalue weighted by Gasteiger charge is 2.24. The Morgan fingerprint density at radius 1 is 1.12 bits per heavy atom. The lowest BCUT2D eigenvalue weighted by atomic mass is 10.1. The summed E-state index contributed by atoms with van der Waals surface area (Å²) < 4.78 is 27.7. The quantitative estimate of drug-likeness (QED) is 0.751. The lowest BCUT2D eigenvalue weighted by Crippen LogP contribution is -2.43. The molecule has 134 valence electrons. The van der Waals surface area contributed by atoms with Gasteiger partial charge in [-0.05, 0) is 50.0 Å². The van der Waals surface area contributed by atoms with E-state index in [-0.39, 0.29) is 16.1 Å². The van der Waals surface area contributed by atoms with Gasteiger partial charge in [-0.1, -0.05) is 41.9 Å². The van der Waals surface area contributed by atoms with Gasteiger partial charge in [0.2, 0.25) is 10.0 Å². The molecule has 0 amide bonds. The van der Waals surface area contributed by atoms with Gasteiger partial charge in [0.1, 0.15) is 10.0 Å². The van der Waals surface area contributed by atoms with Gasteiger partial charge in [0.25, 0.3) is 0 Å². The minimum absolute atomic E-state index is 0.136. The number of hydrogen-bond acceptors (Lipinski definition) is 4. The van der Waals surface area contributed by atoms with Crippen molar-refractivity contribution in [3.8, 4) is 0 Å². The number of sulfonamides is 1. The number of halogens is 1. The average Bonchev–Trinajstić information content (AvgIpc) is 3.14. The molecule has 5 nitrogen and oxygen atoms in total. The molecule has 1 N–H and O–H groups in total. The summed E-state index contributed by atoms with van der Waals surface area (Å²) in [5.74, 6) is 0. The van der Waals surface area contributed by atoms with Crippen LogP contribution >= 0.6 is 11.6 Å². The van der Waals surface area contributed by atoms with Crippen LogP contribution in [-0.4, -0.2) is 44.0 Å². The first-order valence-corrected chi connectivity index (χ1v) is 10.3. The van der Waals surface area contributed by atoms with Crippen LogP contribution < -0.4 is 4.72 Å². The van der Waals surface area contributed by atoms with Crippen molar-refractivity contribution >= 4 is 21.6 Å². The number of likely N-dealkylation sites (tertiary alicyclic amines) is 1. The van der Waals surface area contributed by atoms with Crippen molar-refractivity contribution in [1.29, 1.82) is 0 Å². The zero-order valence-corrected chi connectivity index (χ0v) is 15.5. The van der Waals surface area contributed by atoms with Crippen LogP contribution in [0.1, 0.15) is 18.4 Å². The molecule has 0 radical (unpaired) electrons. The molecule has 2 heterocycles. The second kappa shape index (κ2) is 8.27. The normalized spacial score (nSPS) is 16.8. The molecule has 0 saturated carbocycles. The summed E-state index contributed by atoms with van der Waals surface area (Å²) in [7, 11) is -3.59. The van der Waals surface area contributed by atoms with Gasteiger partial charge in [-0.3, -0.25) is 4.90 Å². The Hall–Kier alpha value is -1.47. The lowest BCUT2D eigenvalue weighted by Gasteiger charge is -2.28. The lowest BCUT2D eigenvalue weighted by molar-refractivity contribution is 0.241. The smallest absolute Gasteiger partial charge is 0.242 e. The fourth-order valence-electron chi connectivity index (χ4n) is 3.13. The molecule has 1 aromatic heterocycles. The van der Waals surface area contributed by atoms with E-state index in [0.717, 1.165) is 19.5 Å². The van der Waals surface area contributed by atoms with E-state index in [9.17, 15) is 8.42 Å². The molecule has 2 aromatic rings. The summed E-state index contributed by atoms with van der Waals surface area (Å²) in [6.07, 6.45) is 4.44. The fourth-order valence-corrected chi connectivity index (χ4v) is 4.26. The molecule has 0 bridgehead atoms. The van der Waals surface area contributed by atoms with Gasteiger partial charge in [0.05, 0.1) is 0 Å². The first-order valence-electron chi connectivity index (χ1n) is 8.44. The predicted molar refractivity (Wildman–Crippen MR) is 99.2 cm³/mol. The molecule has 1 unspecified atom stereocenters. The van der Waals surface area contributed by atoms with Gasteiger partial charge in [-0.25, -0.2) is 18.1 Å². The third kappa shape index (κ3) is 5.01. The van der Waals surface area contributed by atoms with Crippen molar-refractivity contribution in [3.63, 3.8) is 0 Å². The third-order valence-electron chi connectivity index (χ3n) is 4.49. The van der Waals surface area contributed by atoms with Crippen molar-refractivity contribution in [3.05, 3.63) is 59.4 Å². The van der Waals surface area contributed by atoms with Gasteiger partial charge in [0.15, 0.2) is 0 Å². The molecule has 1 aliphatic rings. The Balaban J connectivity index is 1.70. The van der Waals surface area contributed by atoms with Crippen LogP contribution in [0.15, 0.2) is 53.6 Å². The molecule has 3 rings (SSSR count). The third-order valence-corrected chi connectivity index (χ3v) is 6.12. The highest BCUT2D eigenvalue weighted by Crippen LogP contribution is 2.17. The van der Waals surface area contributed by atoms with Crippen LogP contribution in [-0.2, 0) is 16.4 Å². The maximum Gasteiger partial charge on any atom is 0.242 e. The molecule has 1 fully saturated rings. The molecule has 7 heteroatoms. The summed E-state index contributed by atoms with van der Waals surface area (Å²) in [6.45, 7) is 2.41. The number of benzene rings is 1. The SMILES string of the molecule is O=S(=O)(NCC(Cc1ccccc1)N1CCCC1)c1ccc(Cl)nc1. The fraction of sp³-hybridized carbons (Fsp3) is 0.389. The van der Waals surface area contributed by atoms with E-state index in [0.29, 0.717) is 6.54 Å². The van der Waals surface area contributed by atoms with Gasteiger partial charge in [-0.15, -0.1) is 0 Å². The number of nitrogens with zero attached hydrogens (tertiary/aromatic N) is 2. The summed E-state index contributed by atoms with van der Waals surface area (Å²) in [5.41, 5.74) is 1.21. The Morgan fingerprint density at radius 2 is 1.84 bits per heavy atom. The summed E-state index contributed by atoms with van der Waals surface area (Å²) in [5, 5.41) is 0.276. The molecule has 25 heavy (non-hydrogen) atoms. The number of nitrogens with one attached hydrogen (secondary N) is 1. The summed E-state index contributed by atoms with van der Waals surface area (Å²) in [6, 6.07) is 13.3. The largest absolute Gasteiger partial charge is 0.299 e. The molecule has 0 aliphatic carbocycles. The van der Waals surface area contributed by atoms with E-state index in [4.69, 9.17) is 11.6 Å². The van der Waals surface area contributed by atoms with Crippen LogP contribution in [0.5, 0.6) is 0 Å². The van der Waals surface area contributed by atoms with Crippen molar-refractivity contribution in [2.75, 3.05) is 19.6 Å². The standard InChI is InChI=1S/C18H22ClN3O2S/c19-18-9-8-17(14-20-18)25(23,24)21-13-16(22-10-4-5-11-22)12-15-6-2-1-3-7-15/h1-3,6-9,14,16,21H,4-5,10-13H2. The van der Waals surface area contributed by atoms with Gasteiger partial charge in [-0.2, -0.15) is 0 Å². The molecular formula is C18H22ClN3O2S.